The zero-order valence-corrected chi connectivity index (χ0v) is 12.3. The van der Waals surface area contributed by atoms with Gasteiger partial charge in [-0.2, -0.15) is 0 Å². The molecule has 0 unspecified atom stereocenters. The van der Waals surface area contributed by atoms with Crippen LogP contribution >= 0.6 is 0 Å². The maximum Gasteiger partial charge on any atom is 0.144 e. The molecule has 0 amide bonds. The molecule has 0 N–H and O–H groups in total. The van der Waals surface area contributed by atoms with Crippen molar-refractivity contribution in [2.75, 3.05) is 7.11 Å². The molecule has 0 aliphatic rings. The number of aliphatic imine (C=N–C) groups is 1. The average molecular weight is 285 g/mol. The van der Waals surface area contributed by atoms with E-state index in [1.54, 1.807) is 13.3 Å². The number of rotatable bonds is 2. The Morgan fingerprint density at radius 3 is 2.59 bits per heavy atom. The number of ether oxygens (including phenoxy) is 1. The van der Waals surface area contributed by atoms with Gasteiger partial charge >= 0.3 is 0 Å². The summed E-state index contributed by atoms with van der Waals surface area (Å²) in [5.41, 5.74) is 1.78. The van der Waals surface area contributed by atoms with Crippen LogP contribution in [0.2, 0.25) is 0 Å². The van der Waals surface area contributed by atoms with Crippen LogP contribution in [0, 0.1) is 11.8 Å². The topological polar surface area (TPSA) is 21.6 Å². The number of nitrogens with zero attached hydrogens (tertiary/aromatic N) is 1. The van der Waals surface area contributed by atoms with E-state index < -0.39 is 0 Å². The van der Waals surface area contributed by atoms with Crippen molar-refractivity contribution in [3.8, 4) is 17.6 Å². The van der Waals surface area contributed by atoms with Crippen LogP contribution in [0.5, 0.6) is 5.75 Å². The molecule has 0 fully saturated rings. The Hall–Kier alpha value is -3.05. The molecule has 0 radical (unpaired) electrons. The van der Waals surface area contributed by atoms with Crippen LogP contribution in [0.25, 0.3) is 10.8 Å². The molecule has 3 rings (SSSR count). The summed E-state index contributed by atoms with van der Waals surface area (Å²) in [5, 5.41) is 2.35. The molecule has 2 heteroatoms. The lowest BCUT2D eigenvalue weighted by molar-refractivity contribution is 0.416. The third-order valence-electron chi connectivity index (χ3n) is 3.35. The predicted molar refractivity (Wildman–Crippen MR) is 92.0 cm³/mol. The molecule has 0 saturated carbocycles. The lowest BCUT2D eigenvalue weighted by Gasteiger charge is -2.01. The molecule has 0 aromatic heterocycles. The lowest BCUT2D eigenvalue weighted by Crippen LogP contribution is -1.82. The van der Waals surface area contributed by atoms with E-state index in [1.165, 1.54) is 5.39 Å². The Kier molecular flexibility index (Phi) is 4.17. The summed E-state index contributed by atoms with van der Waals surface area (Å²) in [7, 11) is 1.64. The van der Waals surface area contributed by atoms with Crippen LogP contribution < -0.4 is 4.74 Å². The van der Waals surface area contributed by atoms with Crippen molar-refractivity contribution in [3.63, 3.8) is 0 Å². The van der Waals surface area contributed by atoms with Crippen molar-refractivity contribution in [2.24, 2.45) is 4.99 Å². The molecule has 106 valence electrons. The highest BCUT2D eigenvalue weighted by molar-refractivity contribution is 5.90. The van der Waals surface area contributed by atoms with Gasteiger partial charge in [-0.1, -0.05) is 54.5 Å². The number of benzene rings is 3. The Morgan fingerprint density at radius 2 is 1.68 bits per heavy atom. The molecule has 0 saturated heterocycles. The maximum atomic E-state index is 5.26. The van der Waals surface area contributed by atoms with Crippen LogP contribution in [0.1, 0.15) is 5.56 Å². The summed E-state index contributed by atoms with van der Waals surface area (Å²) < 4.78 is 5.26. The second-order valence-electron chi connectivity index (χ2n) is 4.73. The normalized spacial score (nSPS) is 10.4. The number of methoxy groups -OCH3 is 1. The van der Waals surface area contributed by atoms with Gasteiger partial charge in [-0.15, -0.1) is 0 Å². The largest absolute Gasteiger partial charge is 0.494 e. The highest BCUT2D eigenvalue weighted by Gasteiger charge is 1.97. The Labute approximate surface area is 130 Å². The van der Waals surface area contributed by atoms with Crippen molar-refractivity contribution in [1.82, 2.24) is 0 Å². The number of para-hydroxylation sites is 2. The van der Waals surface area contributed by atoms with Gasteiger partial charge in [0.25, 0.3) is 0 Å². The summed E-state index contributed by atoms with van der Waals surface area (Å²) in [4.78, 5) is 4.35. The summed E-state index contributed by atoms with van der Waals surface area (Å²) in [6, 6.07) is 22.0. The van der Waals surface area contributed by atoms with Crippen molar-refractivity contribution in [1.29, 1.82) is 0 Å². The van der Waals surface area contributed by atoms with Crippen LogP contribution in [-0.2, 0) is 0 Å². The van der Waals surface area contributed by atoms with Gasteiger partial charge in [0.15, 0.2) is 0 Å². The van der Waals surface area contributed by atoms with Crippen molar-refractivity contribution >= 4 is 22.7 Å². The van der Waals surface area contributed by atoms with E-state index in [4.69, 9.17) is 4.74 Å². The minimum absolute atomic E-state index is 0.741. The van der Waals surface area contributed by atoms with E-state index in [0.717, 1.165) is 22.4 Å². The van der Waals surface area contributed by atoms with E-state index in [9.17, 15) is 0 Å². The second-order valence-corrected chi connectivity index (χ2v) is 4.73. The summed E-state index contributed by atoms with van der Waals surface area (Å²) in [6.45, 7) is 0. The minimum atomic E-state index is 0.741. The summed E-state index contributed by atoms with van der Waals surface area (Å²) in [5.74, 6) is 6.89. The van der Waals surface area contributed by atoms with Crippen LogP contribution in [0.3, 0.4) is 0 Å². The molecular formula is C20H15NO. The summed E-state index contributed by atoms with van der Waals surface area (Å²) in [6.07, 6.45) is 1.61. The predicted octanol–water partition coefficient (Wildman–Crippen LogP) is 4.60. The molecule has 0 aliphatic carbocycles. The minimum Gasteiger partial charge on any atom is -0.494 e. The molecule has 0 atom stereocenters. The van der Waals surface area contributed by atoms with E-state index in [1.807, 2.05) is 48.5 Å². The van der Waals surface area contributed by atoms with Crippen molar-refractivity contribution in [2.45, 2.75) is 0 Å². The van der Waals surface area contributed by atoms with Crippen molar-refractivity contribution < 1.29 is 4.74 Å². The molecule has 0 aliphatic heterocycles. The highest BCUT2D eigenvalue weighted by atomic mass is 16.5. The van der Waals surface area contributed by atoms with Gasteiger partial charge in [0.2, 0.25) is 0 Å². The van der Waals surface area contributed by atoms with Crippen molar-refractivity contribution in [3.05, 3.63) is 72.3 Å². The van der Waals surface area contributed by atoms with E-state index in [2.05, 4.69) is 35.0 Å². The first-order valence-electron chi connectivity index (χ1n) is 7.03. The molecule has 2 nitrogen and oxygen atoms in total. The Morgan fingerprint density at radius 1 is 0.909 bits per heavy atom. The fourth-order valence-corrected chi connectivity index (χ4v) is 2.28. The lowest BCUT2D eigenvalue weighted by atomic mass is 10.1. The van der Waals surface area contributed by atoms with Gasteiger partial charge < -0.3 is 4.74 Å². The van der Waals surface area contributed by atoms with Gasteiger partial charge in [0.05, 0.1) is 13.3 Å². The fourth-order valence-electron chi connectivity index (χ4n) is 2.28. The van der Waals surface area contributed by atoms with Gasteiger partial charge in [-0.25, -0.2) is 4.99 Å². The first-order valence-corrected chi connectivity index (χ1v) is 7.03. The smallest absolute Gasteiger partial charge is 0.144 e. The highest BCUT2D eigenvalue weighted by Crippen LogP contribution is 2.25. The monoisotopic (exact) mass is 285 g/mol. The molecule has 3 aromatic carbocycles. The molecule has 0 bridgehead atoms. The zero-order chi connectivity index (χ0) is 15.2. The first-order chi connectivity index (χ1) is 10.9. The Bertz CT molecular complexity index is 879. The molecule has 3 aromatic rings. The number of fused-ring (bicyclic) bond motifs is 1. The number of hydrogen-bond donors (Lipinski definition) is 0. The molecular weight excluding hydrogens is 270 g/mol. The zero-order valence-electron chi connectivity index (χ0n) is 12.3. The van der Waals surface area contributed by atoms with E-state index in [-0.39, 0.29) is 0 Å². The second kappa shape index (κ2) is 6.60. The van der Waals surface area contributed by atoms with Crippen LogP contribution in [0.15, 0.2) is 71.7 Å². The molecule has 0 heterocycles. The fraction of sp³-hybridized carbons (Fsp3) is 0.0500. The SMILES string of the molecule is COc1ccccc1N=CC#Cc1cccc2ccccc12. The quantitative estimate of drug-likeness (QED) is 0.498. The summed E-state index contributed by atoms with van der Waals surface area (Å²) >= 11 is 0. The third kappa shape index (κ3) is 2.99. The van der Waals surface area contributed by atoms with E-state index >= 15 is 0 Å². The number of hydrogen-bond acceptors (Lipinski definition) is 2. The Balaban J connectivity index is 1.88. The van der Waals surface area contributed by atoms with Crippen LogP contribution in [-0.4, -0.2) is 13.3 Å². The standard InChI is InChI=1S/C20H15NO/c1-22-20-14-5-4-13-19(20)21-15-7-11-17-10-6-9-16-8-2-3-12-18(16)17/h2-6,8-10,12-15H,1H3. The van der Waals surface area contributed by atoms with Gasteiger partial charge in [-0.05, 0) is 34.9 Å². The van der Waals surface area contributed by atoms with Gasteiger partial charge in [0, 0.05) is 5.56 Å². The average Bonchev–Trinajstić information content (AvgIpc) is 2.59. The van der Waals surface area contributed by atoms with Gasteiger partial charge in [-0.3, -0.25) is 0 Å². The van der Waals surface area contributed by atoms with E-state index in [0.29, 0.717) is 0 Å². The maximum absolute atomic E-state index is 5.26. The van der Waals surface area contributed by atoms with Crippen LogP contribution in [0.4, 0.5) is 5.69 Å². The first kappa shape index (κ1) is 13.9. The molecule has 0 spiro atoms. The van der Waals surface area contributed by atoms with Gasteiger partial charge in [0.1, 0.15) is 11.4 Å². The third-order valence-corrected chi connectivity index (χ3v) is 3.35. The molecule has 22 heavy (non-hydrogen) atoms.